The Bertz CT molecular complexity index is 1620. The SMILES string of the molecule is CCCCC(CC)CN(CC(CC)CCCC)C1=CC(=O)C(=C2C(=O)C(c3ccc(N(CC(CC)CCCC)CC(CC)CCCC)cc3OC(=O)NC(C)C)=C2O)C=C1. The van der Waals surface area contributed by atoms with Crippen LogP contribution in [0.4, 0.5) is 10.5 Å². The number of carbonyl (C=O) groups is 3. The largest absolute Gasteiger partial charge is 0.506 e. The van der Waals surface area contributed by atoms with Gasteiger partial charge in [-0.3, -0.25) is 9.59 Å². The lowest BCUT2D eigenvalue weighted by molar-refractivity contribution is -0.114. The normalized spacial score (nSPS) is 17.4. The van der Waals surface area contributed by atoms with E-state index < -0.39 is 11.9 Å². The van der Waals surface area contributed by atoms with E-state index in [4.69, 9.17) is 4.74 Å². The molecule has 60 heavy (non-hydrogen) atoms. The van der Waals surface area contributed by atoms with Crippen LogP contribution in [-0.4, -0.2) is 59.9 Å². The van der Waals surface area contributed by atoms with Gasteiger partial charge in [0.05, 0.1) is 11.1 Å². The number of nitrogens with zero attached hydrogens (tertiary/aromatic N) is 2. The molecule has 2 aliphatic carbocycles. The molecule has 0 fully saturated rings. The number of aliphatic hydroxyl groups excluding tert-OH is 1. The standard InChI is InChI=1S/C52H83N3O5/c1-11-19-23-38(15-5)33-54(34-39(16-6)24-20-12-2)42-27-29-44(46(56)31-42)48-50(57)49(51(48)58)45-30-28-43(32-47(45)60-52(59)53-37(9)10)55(35-40(17-7)25-21-13-3)36-41(18-8)26-22-14-4/h27-32,37-41,57H,11-26,33-36H2,1-10H3,(H,53,59). The quantitative estimate of drug-likeness (QED) is 0.0776. The van der Waals surface area contributed by atoms with Crippen LogP contribution in [-0.2, 0) is 9.59 Å². The molecular weight excluding hydrogens is 747 g/mol. The highest BCUT2D eigenvalue weighted by Gasteiger charge is 2.40. The maximum absolute atomic E-state index is 14.1. The summed E-state index contributed by atoms with van der Waals surface area (Å²) in [6.07, 6.45) is 23.0. The first-order chi connectivity index (χ1) is 28.9. The lowest BCUT2D eigenvalue weighted by Gasteiger charge is -2.34. The zero-order chi connectivity index (χ0) is 44.2. The molecule has 2 N–H and O–H groups in total. The van der Waals surface area contributed by atoms with Crippen molar-refractivity contribution < 1.29 is 24.2 Å². The van der Waals surface area contributed by atoms with E-state index in [0.717, 1.165) is 115 Å². The smallest absolute Gasteiger partial charge is 0.412 e. The highest BCUT2D eigenvalue weighted by Crippen LogP contribution is 2.44. The van der Waals surface area contributed by atoms with Gasteiger partial charge in [-0.25, -0.2) is 4.79 Å². The second-order valence-corrected chi connectivity index (χ2v) is 18.0. The first-order valence-corrected chi connectivity index (χ1v) is 24.2. The van der Waals surface area contributed by atoms with E-state index in [1.807, 2.05) is 32.1 Å². The van der Waals surface area contributed by atoms with Crippen LogP contribution in [0.1, 0.15) is 178 Å². The zero-order valence-corrected chi connectivity index (χ0v) is 39.5. The third kappa shape index (κ3) is 14.7. The molecule has 1 aromatic rings. The number of benzene rings is 1. The Balaban J connectivity index is 2.07. The number of ether oxygens (including phenoxy) is 1. The number of ketones is 2. The van der Waals surface area contributed by atoms with Gasteiger partial charge in [0.2, 0.25) is 5.78 Å². The van der Waals surface area contributed by atoms with E-state index in [-0.39, 0.29) is 40.1 Å². The molecule has 336 valence electrons. The van der Waals surface area contributed by atoms with Gasteiger partial charge in [0.1, 0.15) is 11.5 Å². The van der Waals surface area contributed by atoms with Crippen LogP contribution in [0.3, 0.4) is 0 Å². The number of hydrogen-bond acceptors (Lipinski definition) is 7. The van der Waals surface area contributed by atoms with Crippen LogP contribution in [0.15, 0.2) is 59.0 Å². The van der Waals surface area contributed by atoms with E-state index in [1.54, 1.807) is 18.2 Å². The third-order valence-electron chi connectivity index (χ3n) is 12.8. The Morgan fingerprint density at radius 3 is 1.53 bits per heavy atom. The maximum Gasteiger partial charge on any atom is 0.412 e. The first-order valence-electron chi connectivity index (χ1n) is 24.2. The van der Waals surface area contributed by atoms with Crippen molar-refractivity contribution in [3.63, 3.8) is 0 Å². The van der Waals surface area contributed by atoms with Gasteiger partial charge in [-0.15, -0.1) is 0 Å². The molecule has 4 unspecified atom stereocenters. The monoisotopic (exact) mass is 830 g/mol. The Morgan fingerprint density at radius 2 is 1.13 bits per heavy atom. The van der Waals surface area contributed by atoms with E-state index in [2.05, 4.69) is 70.5 Å². The van der Waals surface area contributed by atoms with Gasteiger partial charge in [0, 0.05) is 66.9 Å². The fourth-order valence-electron chi connectivity index (χ4n) is 8.67. The average Bonchev–Trinajstić information content (AvgIpc) is 3.23. The van der Waals surface area contributed by atoms with Crippen molar-refractivity contribution in [2.45, 2.75) is 178 Å². The number of unbranched alkanes of at least 4 members (excludes halogenated alkanes) is 4. The molecule has 1 aromatic carbocycles. The summed E-state index contributed by atoms with van der Waals surface area (Å²) in [6.45, 7) is 25.2. The summed E-state index contributed by atoms with van der Waals surface area (Å²) >= 11 is 0. The van der Waals surface area contributed by atoms with E-state index in [0.29, 0.717) is 29.2 Å². The molecule has 0 spiro atoms. The predicted octanol–water partition coefficient (Wildman–Crippen LogP) is 13.3. The van der Waals surface area contributed by atoms with Gasteiger partial charge in [-0.1, -0.05) is 132 Å². The Kier molecular flexibility index (Phi) is 22.3. The minimum absolute atomic E-state index is 0.0172. The summed E-state index contributed by atoms with van der Waals surface area (Å²) in [5, 5.41) is 14.5. The van der Waals surface area contributed by atoms with Gasteiger partial charge in [0.15, 0.2) is 5.78 Å². The van der Waals surface area contributed by atoms with Gasteiger partial charge >= 0.3 is 6.09 Å². The number of nitrogens with one attached hydrogen (secondary N) is 1. The molecule has 0 aliphatic heterocycles. The zero-order valence-electron chi connectivity index (χ0n) is 39.5. The molecule has 1 amide bonds. The number of allylic oxidation sites excluding steroid dienone is 6. The Labute approximate surface area is 365 Å². The van der Waals surface area contributed by atoms with Gasteiger partial charge in [-0.2, -0.15) is 0 Å². The summed E-state index contributed by atoms with van der Waals surface area (Å²) in [4.78, 5) is 46.1. The van der Waals surface area contributed by atoms with Gasteiger partial charge < -0.3 is 25.0 Å². The summed E-state index contributed by atoms with van der Waals surface area (Å²) in [7, 11) is 0. The summed E-state index contributed by atoms with van der Waals surface area (Å²) in [6, 6.07) is 5.49. The number of rotatable bonds is 29. The van der Waals surface area contributed by atoms with Crippen molar-refractivity contribution >= 4 is 28.9 Å². The lowest BCUT2D eigenvalue weighted by Crippen LogP contribution is -2.35. The van der Waals surface area contributed by atoms with E-state index >= 15 is 0 Å². The molecule has 0 radical (unpaired) electrons. The van der Waals surface area contributed by atoms with Crippen LogP contribution < -0.4 is 15.0 Å². The molecule has 2 aliphatic rings. The maximum atomic E-state index is 14.1. The molecule has 0 aromatic heterocycles. The summed E-state index contributed by atoms with van der Waals surface area (Å²) in [5.74, 6) is 1.35. The number of aliphatic hydroxyl groups is 1. The topological polar surface area (TPSA) is 99.2 Å². The Morgan fingerprint density at radius 1 is 0.667 bits per heavy atom. The van der Waals surface area contributed by atoms with Crippen molar-refractivity contribution in [2.75, 3.05) is 31.1 Å². The minimum atomic E-state index is -0.628. The van der Waals surface area contributed by atoms with E-state index in [9.17, 15) is 19.5 Å². The second-order valence-electron chi connectivity index (χ2n) is 18.0. The molecule has 0 heterocycles. The van der Waals surface area contributed by atoms with Crippen LogP contribution in [0.25, 0.3) is 5.57 Å². The fraction of sp³-hybridized carbons (Fsp3) is 0.673. The second kappa shape index (κ2) is 26.5. The fourth-order valence-corrected chi connectivity index (χ4v) is 8.67. The predicted molar refractivity (Wildman–Crippen MR) is 252 cm³/mol. The van der Waals surface area contributed by atoms with Gasteiger partial charge in [-0.05, 0) is 87.5 Å². The molecular formula is C52H83N3O5. The van der Waals surface area contributed by atoms with E-state index in [1.165, 1.54) is 25.7 Å². The molecule has 3 rings (SSSR count). The lowest BCUT2D eigenvalue weighted by atomic mass is 9.79. The molecule has 8 heteroatoms. The molecule has 4 atom stereocenters. The number of anilines is 1. The van der Waals surface area contributed by atoms with Crippen LogP contribution in [0.2, 0.25) is 0 Å². The van der Waals surface area contributed by atoms with Crippen molar-refractivity contribution in [3.05, 3.63) is 64.6 Å². The highest BCUT2D eigenvalue weighted by atomic mass is 16.6. The van der Waals surface area contributed by atoms with Crippen LogP contribution in [0, 0.1) is 23.7 Å². The third-order valence-corrected chi connectivity index (χ3v) is 12.8. The minimum Gasteiger partial charge on any atom is -0.506 e. The number of carbonyl (C=O) groups excluding carboxylic acids is 3. The number of amides is 1. The summed E-state index contributed by atoms with van der Waals surface area (Å²) in [5.41, 5.74) is 2.41. The van der Waals surface area contributed by atoms with Crippen molar-refractivity contribution in [3.8, 4) is 5.75 Å². The number of hydrogen-bond donors (Lipinski definition) is 2. The molecule has 8 nitrogen and oxygen atoms in total. The van der Waals surface area contributed by atoms with Crippen molar-refractivity contribution in [1.29, 1.82) is 0 Å². The van der Waals surface area contributed by atoms with Crippen molar-refractivity contribution in [1.82, 2.24) is 10.2 Å². The number of Topliss-reactive ketones (excluding diaryl/α,β-unsaturated/α-hetero) is 1. The Hall–Kier alpha value is -3.81. The first kappa shape index (κ1) is 50.5. The van der Waals surface area contributed by atoms with Crippen molar-refractivity contribution in [2.24, 2.45) is 23.7 Å². The molecule has 0 saturated carbocycles. The highest BCUT2D eigenvalue weighted by molar-refractivity contribution is 6.41. The molecule has 0 saturated heterocycles. The molecule has 0 bridgehead atoms. The van der Waals surface area contributed by atoms with Crippen LogP contribution >= 0.6 is 0 Å². The average molecular weight is 830 g/mol. The van der Waals surface area contributed by atoms with Crippen LogP contribution in [0.5, 0.6) is 5.75 Å². The summed E-state index contributed by atoms with van der Waals surface area (Å²) < 4.78 is 5.98. The van der Waals surface area contributed by atoms with Gasteiger partial charge in [0.25, 0.3) is 0 Å².